The maximum absolute atomic E-state index is 5.85. The lowest BCUT2D eigenvalue weighted by Gasteiger charge is -2.19. The zero-order chi connectivity index (χ0) is 10.4. The summed E-state index contributed by atoms with van der Waals surface area (Å²) in [7, 11) is 0. The van der Waals surface area contributed by atoms with Crippen LogP contribution in [0, 0.1) is 0 Å². The van der Waals surface area contributed by atoms with Crippen LogP contribution < -0.4 is 5.32 Å². The van der Waals surface area contributed by atoms with Crippen molar-refractivity contribution in [1.82, 2.24) is 5.32 Å². The lowest BCUT2D eigenvalue weighted by molar-refractivity contribution is -0.0146. The zero-order valence-electron chi connectivity index (χ0n) is 9.64. The van der Waals surface area contributed by atoms with Crippen molar-refractivity contribution in [3.8, 4) is 0 Å². The molecule has 1 aliphatic heterocycles. The van der Waals surface area contributed by atoms with Gasteiger partial charge in [0.05, 0.1) is 18.3 Å². The first-order valence-corrected chi connectivity index (χ1v) is 5.60. The molecule has 1 N–H and O–H groups in total. The lowest BCUT2D eigenvalue weighted by Crippen LogP contribution is -2.31. The molecule has 1 rings (SSSR count). The first-order valence-electron chi connectivity index (χ1n) is 5.60. The summed E-state index contributed by atoms with van der Waals surface area (Å²) in [6.45, 7) is 9.81. The molecular formula is C11H23NO2. The molecule has 1 saturated heterocycles. The van der Waals surface area contributed by atoms with E-state index in [9.17, 15) is 0 Å². The Bertz CT molecular complexity index is 159. The van der Waals surface area contributed by atoms with E-state index in [4.69, 9.17) is 9.47 Å². The minimum absolute atomic E-state index is 0.0895. The average molecular weight is 201 g/mol. The Hall–Kier alpha value is -0.120. The molecule has 1 aliphatic rings. The van der Waals surface area contributed by atoms with E-state index >= 15 is 0 Å². The zero-order valence-corrected chi connectivity index (χ0v) is 9.64. The molecule has 0 aromatic heterocycles. The highest BCUT2D eigenvalue weighted by molar-refractivity contribution is 4.81. The minimum atomic E-state index is 0.0895. The van der Waals surface area contributed by atoms with E-state index < -0.39 is 0 Å². The molecule has 1 fully saturated rings. The van der Waals surface area contributed by atoms with Crippen LogP contribution in [0.4, 0.5) is 0 Å². The molecule has 0 bridgehead atoms. The molecule has 1 unspecified atom stereocenters. The van der Waals surface area contributed by atoms with Crippen molar-refractivity contribution in [2.45, 2.75) is 45.3 Å². The predicted octanol–water partition coefficient (Wildman–Crippen LogP) is 1.57. The van der Waals surface area contributed by atoms with Crippen LogP contribution in [0.5, 0.6) is 0 Å². The van der Waals surface area contributed by atoms with Crippen molar-refractivity contribution in [2.75, 3.05) is 26.3 Å². The summed E-state index contributed by atoms with van der Waals surface area (Å²) < 4.78 is 11.1. The molecule has 1 heterocycles. The topological polar surface area (TPSA) is 30.5 Å². The molecule has 3 heteroatoms. The Morgan fingerprint density at radius 2 is 2.29 bits per heavy atom. The summed E-state index contributed by atoms with van der Waals surface area (Å²) in [6, 6.07) is 0. The molecular weight excluding hydrogens is 178 g/mol. The molecule has 0 saturated carbocycles. The van der Waals surface area contributed by atoms with Crippen molar-refractivity contribution in [3.63, 3.8) is 0 Å². The number of hydrogen-bond donors (Lipinski definition) is 1. The van der Waals surface area contributed by atoms with Crippen LogP contribution in [0.25, 0.3) is 0 Å². The maximum atomic E-state index is 5.85. The third-order valence-corrected chi connectivity index (χ3v) is 2.55. The van der Waals surface area contributed by atoms with Crippen LogP contribution in [0.1, 0.15) is 33.6 Å². The second-order valence-corrected chi connectivity index (χ2v) is 4.44. The number of ether oxygens (including phenoxy) is 2. The number of nitrogens with one attached hydrogen (secondary N) is 1. The molecule has 0 radical (unpaired) electrons. The molecule has 84 valence electrons. The van der Waals surface area contributed by atoms with Crippen molar-refractivity contribution in [2.24, 2.45) is 0 Å². The smallest absolute Gasteiger partial charge is 0.0707 e. The maximum Gasteiger partial charge on any atom is 0.0707 e. The van der Waals surface area contributed by atoms with Crippen molar-refractivity contribution in [1.29, 1.82) is 0 Å². The summed E-state index contributed by atoms with van der Waals surface area (Å²) in [5.74, 6) is 0. The van der Waals surface area contributed by atoms with Crippen LogP contribution in [0.15, 0.2) is 0 Å². The van der Waals surface area contributed by atoms with E-state index in [1.165, 1.54) is 12.8 Å². The van der Waals surface area contributed by atoms with Crippen LogP contribution in [-0.2, 0) is 9.47 Å². The van der Waals surface area contributed by atoms with Crippen LogP contribution in [0.3, 0.4) is 0 Å². The Morgan fingerprint density at radius 1 is 1.50 bits per heavy atom. The lowest BCUT2D eigenvalue weighted by atomic mass is 10.1. The van der Waals surface area contributed by atoms with E-state index in [1.54, 1.807) is 0 Å². The molecule has 0 aliphatic carbocycles. The molecule has 0 aromatic rings. The molecule has 14 heavy (non-hydrogen) atoms. The van der Waals surface area contributed by atoms with Crippen LogP contribution in [-0.4, -0.2) is 38.0 Å². The number of hydrogen-bond acceptors (Lipinski definition) is 3. The Balaban J connectivity index is 1.98. The second kappa shape index (κ2) is 5.69. The fourth-order valence-corrected chi connectivity index (χ4v) is 1.77. The molecule has 0 aromatic carbocycles. The SMILES string of the molecule is CCOCCNCC1CCC(C)(C)O1. The Labute approximate surface area is 87.2 Å². The first kappa shape index (κ1) is 12.0. The molecule has 0 amide bonds. The summed E-state index contributed by atoms with van der Waals surface area (Å²) in [5, 5.41) is 3.35. The van der Waals surface area contributed by atoms with Gasteiger partial charge in [0.25, 0.3) is 0 Å². The highest BCUT2D eigenvalue weighted by atomic mass is 16.5. The Kier molecular flexibility index (Phi) is 4.85. The van der Waals surface area contributed by atoms with Gasteiger partial charge in [0.2, 0.25) is 0 Å². The van der Waals surface area contributed by atoms with Gasteiger partial charge in [-0.2, -0.15) is 0 Å². The van der Waals surface area contributed by atoms with Gasteiger partial charge < -0.3 is 14.8 Å². The second-order valence-electron chi connectivity index (χ2n) is 4.44. The van der Waals surface area contributed by atoms with Gasteiger partial charge in [0, 0.05) is 19.7 Å². The summed E-state index contributed by atoms with van der Waals surface area (Å²) in [5.41, 5.74) is 0.0895. The highest BCUT2D eigenvalue weighted by Crippen LogP contribution is 2.28. The van der Waals surface area contributed by atoms with Gasteiger partial charge in [-0.15, -0.1) is 0 Å². The fourth-order valence-electron chi connectivity index (χ4n) is 1.77. The minimum Gasteiger partial charge on any atom is -0.380 e. The van der Waals surface area contributed by atoms with Gasteiger partial charge in [-0.3, -0.25) is 0 Å². The summed E-state index contributed by atoms with van der Waals surface area (Å²) in [6.07, 6.45) is 2.74. The quantitative estimate of drug-likeness (QED) is 0.662. The van der Waals surface area contributed by atoms with Crippen molar-refractivity contribution < 1.29 is 9.47 Å². The largest absolute Gasteiger partial charge is 0.380 e. The van der Waals surface area contributed by atoms with E-state index in [1.807, 2.05) is 6.92 Å². The third-order valence-electron chi connectivity index (χ3n) is 2.55. The number of rotatable bonds is 6. The van der Waals surface area contributed by atoms with Crippen molar-refractivity contribution >= 4 is 0 Å². The van der Waals surface area contributed by atoms with E-state index in [0.717, 1.165) is 26.3 Å². The fraction of sp³-hybridized carbons (Fsp3) is 1.00. The van der Waals surface area contributed by atoms with Gasteiger partial charge in [0.1, 0.15) is 0 Å². The first-order chi connectivity index (χ1) is 6.64. The molecule has 1 atom stereocenters. The van der Waals surface area contributed by atoms with Gasteiger partial charge in [-0.1, -0.05) is 0 Å². The van der Waals surface area contributed by atoms with Crippen molar-refractivity contribution in [3.05, 3.63) is 0 Å². The summed E-state index contributed by atoms with van der Waals surface area (Å²) >= 11 is 0. The van der Waals surface area contributed by atoms with Gasteiger partial charge in [0.15, 0.2) is 0 Å². The normalized spacial score (nSPS) is 25.5. The van der Waals surface area contributed by atoms with Crippen LogP contribution in [0.2, 0.25) is 0 Å². The summed E-state index contributed by atoms with van der Waals surface area (Å²) in [4.78, 5) is 0. The standard InChI is InChI=1S/C11H23NO2/c1-4-13-8-7-12-9-10-5-6-11(2,3)14-10/h10,12H,4-9H2,1-3H3. The van der Waals surface area contributed by atoms with E-state index in [-0.39, 0.29) is 5.60 Å². The van der Waals surface area contributed by atoms with Gasteiger partial charge in [-0.25, -0.2) is 0 Å². The van der Waals surface area contributed by atoms with E-state index in [2.05, 4.69) is 19.2 Å². The molecule has 0 spiro atoms. The Morgan fingerprint density at radius 3 is 2.86 bits per heavy atom. The van der Waals surface area contributed by atoms with Gasteiger partial charge in [-0.05, 0) is 33.6 Å². The average Bonchev–Trinajstić information content (AvgIpc) is 2.45. The van der Waals surface area contributed by atoms with Crippen LogP contribution >= 0.6 is 0 Å². The third kappa shape index (κ3) is 4.40. The monoisotopic (exact) mass is 201 g/mol. The highest BCUT2D eigenvalue weighted by Gasteiger charge is 2.30. The predicted molar refractivity (Wildman–Crippen MR) is 57.5 cm³/mol. The van der Waals surface area contributed by atoms with Gasteiger partial charge >= 0.3 is 0 Å². The molecule has 3 nitrogen and oxygen atoms in total. The van der Waals surface area contributed by atoms with E-state index in [0.29, 0.717) is 6.10 Å².